The van der Waals surface area contributed by atoms with Crippen LogP contribution in [0.3, 0.4) is 0 Å². The molecule has 2 aromatic rings. The molecule has 0 aliphatic heterocycles. The first-order chi connectivity index (χ1) is 5.97. The summed E-state index contributed by atoms with van der Waals surface area (Å²) in [5.74, 6) is 0. The molecule has 0 atom stereocenters. The van der Waals surface area contributed by atoms with Crippen LogP contribution in [0, 0.1) is 0 Å². The van der Waals surface area contributed by atoms with Crippen molar-refractivity contribution in [3.8, 4) is 0 Å². The molecule has 0 bridgehead atoms. The highest BCUT2D eigenvalue weighted by Crippen LogP contribution is 2.15. The van der Waals surface area contributed by atoms with Crippen LogP contribution in [-0.4, -0.2) is 0 Å². The van der Waals surface area contributed by atoms with Crippen molar-refractivity contribution in [2.24, 2.45) is 0 Å². The molecule has 2 aromatic heterocycles. The highest BCUT2D eigenvalue weighted by atomic mass is 32.1. The second kappa shape index (κ2) is 3.41. The van der Waals surface area contributed by atoms with Crippen LogP contribution in [0.4, 0.5) is 0 Å². The minimum absolute atomic E-state index is 0.927. The molecule has 0 N–H and O–H groups in total. The topological polar surface area (TPSA) is 13.1 Å². The van der Waals surface area contributed by atoms with Gasteiger partial charge in [0.15, 0.2) is 0 Å². The third kappa shape index (κ3) is 1.48. The Hall–Kier alpha value is -1.28. The van der Waals surface area contributed by atoms with E-state index in [4.69, 9.17) is 4.42 Å². The molecule has 0 aliphatic carbocycles. The molecule has 0 saturated heterocycles. The van der Waals surface area contributed by atoms with E-state index >= 15 is 0 Å². The van der Waals surface area contributed by atoms with E-state index in [0.717, 1.165) is 10.3 Å². The van der Waals surface area contributed by atoms with Gasteiger partial charge in [-0.2, -0.15) is 0 Å². The zero-order chi connectivity index (χ0) is 8.23. The van der Waals surface area contributed by atoms with Crippen LogP contribution in [0.5, 0.6) is 0 Å². The van der Waals surface area contributed by atoms with Crippen LogP contribution < -0.4 is 0 Å². The van der Waals surface area contributed by atoms with Crippen molar-refractivity contribution >= 4 is 21.6 Å². The maximum atomic E-state index is 5.27. The molecule has 0 radical (unpaired) electrons. The van der Waals surface area contributed by atoms with Gasteiger partial charge in [0.1, 0.15) is 5.58 Å². The first-order valence-electron chi connectivity index (χ1n) is 3.71. The summed E-state index contributed by atoms with van der Waals surface area (Å²) in [6.45, 7) is 0. The zero-order valence-electron chi connectivity index (χ0n) is 6.44. The molecule has 0 amide bonds. The third-order valence-corrected chi connectivity index (χ3v) is 2.40. The molecular formula is C10H8OS. The van der Waals surface area contributed by atoms with Gasteiger partial charge in [0.05, 0.1) is 11.0 Å². The van der Waals surface area contributed by atoms with Gasteiger partial charge < -0.3 is 4.42 Å². The Morgan fingerprint density at radius 3 is 2.92 bits per heavy atom. The number of fused-ring (bicyclic) bond motifs is 1. The third-order valence-electron chi connectivity index (χ3n) is 1.51. The molecule has 0 unspecified atom stereocenters. The van der Waals surface area contributed by atoms with Gasteiger partial charge in [-0.05, 0) is 17.5 Å². The minimum atomic E-state index is 0.927. The van der Waals surface area contributed by atoms with Crippen LogP contribution in [0.25, 0.3) is 10.3 Å². The number of furan rings is 1. The van der Waals surface area contributed by atoms with E-state index in [1.807, 2.05) is 41.8 Å². The van der Waals surface area contributed by atoms with E-state index in [1.54, 1.807) is 17.6 Å². The molecule has 2 heterocycles. The van der Waals surface area contributed by atoms with Crippen molar-refractivity contribution < 1.29 is 4.42 Å². The summed E-state index contributed by atoms with van der Waals surface area (Å²) in [6, 6.07) is 11.9. The van der Waals surface area contributed by atoms with Crippen molar-refractivity contribution in [3.05, 3.63) is 48.0 Å². The van der Waals surface area contributed by atoms with Gasteiger partial charge in [-0.3, -0.25) is 0 Å². The van der Waals surface area contributed by atoms with Crippen molar-refractivity contribution in [1.82, 2.24) is 0 Å². The summed E-state index contributed by atoms with van der Waals surface area (Å²) in [4.78, 5) is 0. The predicted molar refractivity (Wildman–Crippen MR) is 51.7 cm³/mol. The number of hydrogen-bond donors (Lipinski definition) is 0. The molecule has 0 aromatic carbocycles. The lowest BCUT2D eigenvalue weighted by atomic mass is 10.4. The van der Waals surface area contributed by atoms with Gasteiger partial charge in [-0.25, -0.2) is 0 Å². The smallest absolute Gasteiger partial charge is 0.143 e. The molecule has 2 rings (SSSR count). The van der Waals surface area contributed by atoms with Gasteiger partial charge in [0.25, 0.3) is 0 Å². The van der Waals surface area contributed by atoms with Gasteiger partial charge >= 0.3 is 0 Å². The van der Waals surface area contributed by atoms with E-state index in [2.05, 4.69) is 0 Å². The van der Waals surface area contributed by atoms with Crippen molar-refractivity contribution in [3.63, 3.8) is 0 Å². The Labute approximate surface area is 74.6 Å². The summed E-state index contributed by atoms with van der Waals surface area (Å²) in [7, 11) is 0. The summed E-state index contributed by atoms with van der Waals surface area (Å²) < 4.78 is 6.43. The molecular weight excluding hydrogens is 168 g/mol. The largest absolute Gasteiger partial charge is 0.463 e. The quantitative estimate of drug-likeness (QED) is 0.597. The fourth-order valence-corrected chi connectivity index (χ4v) is 1.64. The molecule has 0 fully saturated rings. The minimum Gasteiger partial charge on any atom is -0.463 e. The zero-order valence-corrected chi connectivity index (χ0v) is 7.25. The maximum absolute atomic E-state index is 5.27. The van der Waals surface area contributed by atoms with E-state index in [1.165, 1.54) is 0 Å². The lowest BCUT2D eigenvalue weighted by Crippen LogP contribution is -1.47. The highest BCUT2D eigenvalue weighted by Gasteiger charge is 1.88. The van der Waals surface area contributed by atoms with Gasteiger partial charge in [0, 0.05) is 0 Å². The molecule has 0 saturated carbocycles. The summed E-state index contributed by atoms with van der Waals surface area (Å²) >= 11 is 1.67. The second-order valence-corrected chi connectivity index (χ2v) is 3.29. The molecule has 60 valence electrons. The summed E-state index contributed by atoms with van der Waals surface area (Å²) in [5, 5.41) is 2.04. The monoisotopic (exact) mass is 176 g/mol. The van der Waals surface area contributed by atoms with Gasteiger partial charge in [0.2, 0.25) is 0 Å². The fraction of sp³-hybridized carbons (Fsp3) is 0. The summed E-state index contributed by atoms with van der Waals surface area (Å²) in [6.07, 6.45) is 1.71. The Kier molecular flexibility index (Phi) is 2.10. The maximum Gasteiger partial charge on any atom is 0.143 e. The van der Waals surface area contributed by atoms with Crippen molar-refractivity contribution in [2.75, 3.05) is 0 Å². The van der Waals surface area contributed by atoms with Crippen LogP contribution in [0.1, 0.15) is 0 Å². The highest BCUT2D eigenvalue weighted by molar-refractivity contribution is 7.16. The van der Waals surface area contributed by atoms with Crippen LogP contribution in [0.15, 0.2) is 52.5 Å². The Balaban J connectivity index is 2.81. The van der Waals surface area contributed by atoms with E-state index in [-0.39, 0.29) is 0 Å². The normalized spacial score (nSPS) is 9.67. The van der Waals surface area contributed by atoms with Gasteiger partial charge in [-0.1, -0.05) is 24.3 Å². The molecule has 0 aliphatic rings. The Morgan fingerprint density at radius 1 is 1.00 bits per heavy atom. The number of hydrogen-bond acceptors (Lipinski definition) is 2. The predicted octanol–water partition coefficient (Wildman–Crippen LogP) is 3.62. The lowest BCUT2D eigenvalue weighted by molar-refractivity contribution is 0.616. The van der Waals surface area contributed by atoms with Crippen molar-refractivity contribution in [2.45, 2.75) is 0 Å². The molecule has 2 heteroatoms. The molecule has 12 heavy (non-hydrogen) atoms. The lowest BCUT2D eigenvalue weighted by Gasteiger charge is -1.75. The van der Waals surface area contributed by atoms with Crippen molar-refractivity contribution in [1.29, 1.82) is 0 Å². The second-order valence-electron chi connectivity index (χ2n) is 2.34. The summed E-state index contributed by atoms with van der Waals surface area (Å²) in [5.41, 5.74) is 0.927. The van der Waals surface area contributed by atoms with Crippen LogP contribution in [-0.2, 0) is 0 Å². The van der Waals surface area contributed by atoms with Crippen LogP contribution >= 0.6 is 11.3 Å². The molecule has 0 spiro atoms. The first-order valence-corrected chi connectivity index (χ1v) is 4.59. The number of rotatable bonds is 0. The van der Waals surface area contributed by atoms with E-state index in [9.17, 15) is 0 Å². The SMILES string of the molecule is c1cccc2occc2scc1. The Morgan fingerprint density at radius 2 is 1.92 bits per heavy atom. The first kappa shape index (κ1) is 7.37. The van der Waals surface area contributed by atoms with E-state index in [0.29, 0.717) is 0 Å². The standard InChI is InChI=1S/C10H8OS/c1-2-4-8-12-10-6-7-11-9(10)5-3-1/h1-8H. The average molecular weight is 176 g/mol. The van der Waals surface area contributed by atoms with E-state index < -0.39 is 0 Å². The fourth-order valence-electron chi connectivity index (χ4n) is 0.957. The van der Waals surface area contributed by atoms with Crippen LogP contribution in [0.2, 0.25) is 0 Å². The van der Waals surface area contributed by atoms with Gasteiger partial charge in [-0.15, -0.1) is 11.3 Å². The Bertz CT molecular complexity index is 376. The average Bonchev–Trinajstić information content (AvgIpc) is 2.50. The molecule has 1 nitrogen and oxygen atoms in total.